The first-order chi connectivity index (χ1) is 21.4. The fourth-order valence-electron chi connectivity index (χ4n) is 4.68. The number of benzene rings is 3. The van der Waals surface area contributed by atoms with Gasteiger partial charge in [0.25, 0.3) is 11.8 Å². The molecule has 6 aromatic rings. The van der Waals surface area contributed by atoms with Gasteiger partial charge >= 0.3 is 0 Å². The number of carbonyl (C=O) groups excluding carboxylic acids is 2. The summed E-state index contributed by atoms with van der Waals surface area (Å²) in [4.78, 5) is 33.4. The highest BCUT2D eigenvalue weighted by atomic mass is 32.1. The van der Waals surface area contributed by atoms with Crippen molar-refractivity contribution in [1.82, 2.24) is 10.3 Å². The highest BCUT2D eigenvalue weighted by Crippen LogP contribution is 2.30. The van der Waals surface area contributed by atoms with Crippen LogP contribution in [0.5, 0.6) is 0 Å². The van der Waals surface area contributed by atoms with Crippen LogP contribution in [0.1, 0.15) is 36.0 Å². The number of amides is 2. The molecule has 8 heteroatoms. The van der Waals surface area contributed by atoms with Gasteiger partial charge in [-0.2, -0.15) is 5.26 Å². The van der Waals surface area contributed by atoms with Crippen molar-refractivity contribution in [1.29, 1.82) is 5.26 Å². The number of anilines is 1. The molecule has 3 heterocycles. The summed E-state index contributed by atoms with van der Waals surface area (Å²) in [6.07, 6.45) is 3.36. The molecule has 0 radical (unpaired) electrons. The van der Waals surface area contributed by atoms with Crippen molar-refractivity contribution in [2.75, 3.05) is 5.32 Å². The van der Waals surface area contributed by atoms with Crippen LogP contribution in [-0.4, -0.2) is 16.8 Å². The summed E-state index contributed by atoms with van der Waals surface area (Å²) in [5, 5.41) is 15.2. The van der Waals surface area contributed by atoms with Gasteiger partial charge in [0.15, 0.2) is 0 Å². The number of nitrogens with zero attached hydrogens (tertiary/aromatic N) is 2. The topological polar surface area (TPSA) is 94.9 Å². The Labute approximate surface area is 263 Å². The number of nitrogens with one attached hydrogen (secondary N) is 2. The van der Waals surface area contributed by atoms with E-state index in [1.807, 2.05) is 66.7 Å². The molecule has 0 unspecified atom stereocenters. The molecule has 0 aliphatic rings. The second-order valence-corrected chi connectivity index (χ2v) is 12.4. The minimum absolute atomic E-state index is 0.111. The van der Waals surface area contributed by atoms with Gasteiger partial charge in [0.05, 0.1) is 33.3 Å². The van der Waals surface area contributed by atoms with Crippen molar-refractivity contribution in [3.8, 4) is 38.1 Å². The first kappa shape index (κ1) is 28.7. The molecule has 0 bridgehead atoms. The Morgan fingerprint density at radius 2 is 1.43 bits per heavy atom. The summed E-state index contributed by atoms with van der Waals surface area (Å²) in [6.45, 7) is 2.44. The third-order valence-corrected chi connectivity index (χ3v) is 9.25. The minimum atomic E-state index is -0.229. The van der Waals surface area contributed by atoms with Crippen LogP contribution in [0.2, 0.25) is 0 Å². The molecular weight excluding hydrogens is 585 g/mol. The Bertz CT molecular complexity index is 2020. The van der Waals surface area contributed by atoms with Gasteiger partial charge in [-0.05, 0) is 77.7 Å². The molecular formula is C36H26N4O2S2. The van der Waals surface area contributed by atoms with Crippen LogP contribution >= 0.6 is 22.7 Å². The predicted octanol–water partition coefficient (Wildman–Crippen LogP) is 8.57. The second kappa shape index (κ2) is 12.9. The molecule has 2 amide bonds. The maximum atomic E-state index is 13.0. The molecule has 3 aromatic heterocycles. The van der Waals surface area contributed by atoms with E-state index < -0.39 is 0 Å². The Morgan fingerprint density at radius 1 is 0.727 bits per heavy atom. The molecule has 0 aliphatic heterocycles. The van der Waals surface area contributed by atoms with Crippen molar-refractivity contribution in [2.24, 2.45) is 0 Å². The lowest BCUT2D eigenvalue weighted by molar-refractivity contribution is 0.0954. The fourth-order valence-corrected chi connectivity index (χ4v) is 6.50. The Morgan fingerprint density at radius 3 is 2.20 bits per heavy atom. The smallest absolute Gasteiger partial charge is 0.265 e. The van der Waals surface area contributed by atoms with E-state index in [2.05, 4.69) is 52.9 Å². The van der Waals surface area contributed by atoms with Crippen LogP contribution in [-0.2, 0) is 6.54 Å². The van der Waals surface area contributed by atoms with E-state index in [1.54, 1.807) is 24.5 Å². The normalized spacial score (nSPS) is 10.6. The molecule has 2 N–H and O–H groups in total. The first-order valence-corrected chi connectivity index (χ1v) is 15.5. The maximum absolute atomic E-state index is 13.0. The van der Waals surface area contributed by atoms with E-state index >= 15 is 0 Å². The summed E-state index contributed by atoms with van der Waals surface area (Å²) in [5.74, 6) is -0.341. The average Bonchev–Trinajstić information content (AvgIpc) is 3.76. The minimum Gasteiger partial charge on any atom is -0.347 e. The van der Waals surface area contributed by atoms with E-state index in [-0.39, 0.29) is 11.8 Å². The van der Waals surface area contributed by atoms with Gasteiger partial charge in [-0.3, -0.25) is 14.6 Å². The molecule has 0 saturated carbocycles. The number of aryl methyl sites for hydroxylation is 1. The van der Waals surface area contributed by atoms with Gasteiger partial charge in [0, 0.05) is 28.1 Å². The van der Waals surface area contributed by atoms with Gasteiger partial charge in [-0.1, -0.05) is 60.2 Å². The van der Waals surface area contributed by atoms with Crippen LogP contribution < -0.4 is 10.6 Å². The maximum Gasteiger partial charge on any atom is 0.265 e. The van der Waals surface area contributed by atoms with Crippen LogP contribution in [0.4, 0.5) is 5.69 Å². The number of hydrogen-bond donors (Lipinski definition) is 2. The Balaban J connectivity index is 1.10. The summed E-state index contributed by atoms with van der Waals surface area (Å²) < 4.78 is 0. The largest absolute Gasteiger partial charge is 0.347 e. The average molecular weight is 611 g/mol. The number of nitriles is 1. The fraction of sp³-hybridized carbons (Fsp3) is 0.0556. The van der Waals surface area contributed by atoms with Crippen molar-refractivity contribution in [3.63, 3.8) is 0 Å². The van der Waals surface area contributed by atoms with E-state index in [0.29, 0.717) is 27.5 Å². The highest BCUT2D eigenvalue weighted by molar-refractivity contribution is 7.17. The number of hydrogen-bond acceptors (Lipinski definition) is 6. The number of aromatic nitrogens is 1. The van der Waals surface area contributed by atoms with Gasteiger partial charge < -0.3 is 10.6 Å². The SMILES string of the molecule is Cc1ccc(-c2ccc(C(=O)NCc3cccc(-c4cncc(NC(=O)c5ccc(-c6cccc(C#N)c6)s5)c4)c3)s2)cc1. The van der Waals surface area contributed by atoms with Gasteiger partial charge in [-0.15, -0.1) is 22.7 Å². The third-order valence-electron chi connectivity index (χ3n) is 6.98. The van der Waals surface area contributed by atoms with Gasteiger partial charge in [-0.25, -0.2) is 0 Å². The Hall–Kier alpha value is -5.36. The highest BCUT2D eigenvalue weighted by Gasteiger charge is 2.13. The van der Waals surface area contributed by atoms with Crippen molar-refractivity contribution in [2.45, 2.75) is 13.5 Å². The molecule has 0 fully saturated rings. The Kier molecular flexibility index (Phi) is 8.41. The third kappa shape index (κ3) is 6.65. The number of rotatable bonds is 8. The van der Waals surface area contributed by atoms with Crippen LogP contribution in [0.15, 0.2) is 116 Å². The molecule has 44 heavy (non-hydrogen) atoms. The molecule has 214 valence electrons. The van der Waals surface area contributed by atoms with E-state index in [4.69, 9.17) is 0 Å². The summed E-state index contributed by atoms with van der Waals surface area (Å²) in [5.41, 5.74) is 7.07. The summed E-state index contributed by atoms with van der Waals surface area (Å²) >= 11 is 2.84. The molecule has 6 nitrogen and oxygen atoms in total. The molecule has 0 atom stereocenters. The van der Waals surface area contributed by atoms with Crippen LogP contribution in [0, 0.1) is 18.3 Å². The lowest BCUT2D eigenvalue weighted by Gasteiger charge is -2.09. The zero-order chi connectivity index (χ0) is 30.5. The first-order valence-electron chi connectivity index (χ1n) is 13.9. The molecule has 0 aliphatic carbocycles. The molecule has 3 aromatic carbocycles. The molecule has 0 spiro atoms. The quantitative estimate of drug-likeness (QED) is 0.180. The molecule has 6 rings (SSSR count). The summed E-state index contributed by atoms with van der Waals surface area (Å²) in [6, 6.07) is 35.0. The van der Waals surface area contributed by atoms with Gasteiger partial charge in [0.2, 0.25) is 0 Å². The molecule has 0 saturated heterocycles. The number of thiophene rings is 2. The van der Waals surface area contributed by atoms with Crippen molar-refractivity contribution >= 4 is 40.2 Å². The number of carbonyl (C=O) groups is 2. The second-order valence-electron chi connectivity index (χ2n) is 10.2. The van der Waals surface area contributed by atoms with E-state index in [1.165, 1.54) is 28.2 Å². The van der Waals surface area contributed by atoms with Crippen LogP contribution in [0.25, 0.3) is 32.0 Å². The zero-order valence-electron chi connectivity index (χ0n) is 23.7. The zero-order valence-corrected chi connectivity index (χ0v) is 25.3. The standard InChI is InChI=1S/C36H26N4O2S2/c1-23-8-10-26(11-9-23)31-12-14-33(43-31)35(41)39-20-25-5-3-6-27(17-25)29-18-30(22-38-21-29)40-36(42)34-15-13-32(44-34)28-7-2-4-24(16-28)19-37/h2-18,21-22H,20H2,1H3,(H,39,41)(H,40,42). The predicted molar refractivity (Wildman–Crippen MR) is 178 cm³/mol. The van der Waals surface area contributed by atoms with Crippen LogP contribution in [0.3, 0.4) is 0 Å². The van der Waals surface area contributed by atoms with E-state index in [9.17, 15) is 14.9 Å². The lowest BCUT2D eigenvalue weighted by Crippen LogP contribution is -2.21. The van der Waals surface area contributed by atoms with Crippen molar-refractivity contribution < 1.29 is 9.59 Å². The van der Waals surface area contributed by atoms with E-state index in [0.717, 1.165) is 37.6 Å². The monoisotopic (exact) mass is 610 g/mol. The van der Waals surface area contributed by atoms with Gasteiger partial charge in [0.1, 0.15) is 0 Å². The lowest BCUT2D eigenvalue weighted by atomic mass is 10.0. The van der Waals surface area contributed by atoms with Crippen molar-refractivity contribution in [3.05, 3.63) is 142 Å². The number of pyridine rings is 1. The summed E-state index contributed by atoms with van der Waals surface area (Å²) in [7, 11) is 0.